The van der Waals surface area contributed by atoms with Gasteiger partial charge in [-0.25, -0.2) is 0 Å². The Balaban J connectivity index is 2.68. The van der Waals surface area contributed by atoms with Crippen molar-refractivity contribution in [1.29, 1.82) is 0 Å². The van der Waals surface area contributed by atoms with Crippen molar-refractivity contribution in [3.8, 4) is 0 Å². The van der Waals surface area contributed by atoms with Crippen molar-refractivity contribution < 1.29 is 4.74 Å². The molecule has 0 aromatic heterocycles. The highest BCUT2D eigenvalue weighted by molar-refractivity contribution is 6.30. The predicted molar refractivity (Wildman–Crippen MR) is 78.2 cm³/mol. The van der Waals surface area contributed by atoms with E-state index in [1.54, 1.807) is 0 Å². The van der Waals surface area contributed by atoms with E-state index in [-0.39, 0.29) is 11.6 Å². The molecule has 0 fully saturated rings. The number of benzene rings is 1. The number of halogens is 1. The lowest BCUT2D eigenvalue weighted by Crippen LogP contribution is -2.39. The van der Waals surface area contributed by atoms with Crippen molar-refractivity contribution in [2.75, 3.05) is 13.2 Å². The van der Waals surface area contributed by atoms with Gasteiger partial charge in [-0.05, 0) is 44.9 Å². The quantitative estimate of drug-likeness (QED) is 0.836. The summed E-state index contributed by atoms with van der Waals surface area (Å²) in [6.45, 7) is 10.2. The van der Waals surface area contributed by atoms with Gasteiger partial charge in [0.05, 0.1) is 6.10 Å². The summed E-state index contributed by atoms with van der Waals surface area (Å²) in [6, 6.07) is 7.90. The second-order valence-corrected chi connectivity index (χ2v) is 5.98. The molecule has 0 aliphatic carbocycles. The van der Waals surface area contributed by atoms with Crippen LogP contribution in [0.15, 0.2) is 24.3 Å². The van der Waals surface area contributed by atoms with E-state index in [0.717, 1.165) is 24.6 Å². The van der Waals surface area contributed by atoms with Crippen LogP contribution in [0.3, 0.4) is 0 Å². The van der Waals surface area contributed by atoms with Gasteiger partial charge in [-0.2, -0.15) is 0 Å². The van der Waals surface area contributed by atoms with E-state index in [1.165, 1.54) is 5.56 Å². The highest BCUT2D eigenvalue weighted by Crippen LogP contribution is 2.20. The molecule has 1 rings (SSSR count). The molecule has 3 heteroatoms. The molecule has 0 aliphatic rings. The minimum Gasteiger partial charge on any atom is -0.372 e. The van der Waals surface area contributed by atoms with Gasteiger partial charge in [-0.15, -0.1) is 0 Å². The molecule has 2 nitrogen and oxygen atoms in total. The lowest BCUT2D eigenvalue weighted by atomic mass is 10.1. The van der Waals surface area contributed by atoms with Gasteiger partial charge in [-0.1, -0.05) is 30.7 Å². The molecule has 0 bridgehead atoms. The van der Waals surface area contributed by atoms with E-state index in [2.05, 4.69) is 33.0 Å². The molecule has 0 radical (unpaired) electrons. The van der Waals surface area contributed by atoms with Gasteiger partial charge in [-0.3, -0.25) is 0 Å². The lowest BCUT2D eigenvalue weighted by Gasteiger charge is -2.25. The zero-order valence-corrected chi connectivity index (χ0v) is 12.6. The van der Waals surface area contributed by atoms with Crippen molar-refractivity contribution in [3.63, 3.8) is 0 Å². The first-order valence-corrected chi connectivity index (χ1v) is 6.92. The summed E-state index contributed by atoms with van der Waals surface area (Å²) in [5.41, 5.74) is 1.27. The van der Waals surface area contributed by atoms with Gasteiger partial charge in [0.2, 0.25) is 0 Å². The van der Waals surface area contributed by atoms with E-state index >= 15 is 0 Å². The predicted octanol–water partition coefficient (Wildman–Crippen LogP) is 4.20. The molecule has 1 aromatic carbocycles. The first-order chi connectivity index (χ1) is 8.42. The molecule has 0 aliphatic heterocycles. The molecular formula is C15H24ClNO. The molecule has 0 amide bonds. The first kappa shape index (κ1) is 15.5. The van der Waals surface area contributed by atoms with Gasteiger partial charge in [0.25, 0.3) is 0 Å². The van der Waals surface area contributed by atoms with Crippen molar-refractivity contribution in [2.24, 2.45) is 0 Å². The van der Waals surface area contributed by atoms with Crippen LogP contribution in [0.2, 0.25) is 5.02 Å². The third-order valence-corrected chi connectivity index (χ3v) is 2.83. The van der Waals surface area contributed by atoms with Crippen LogP contribution in [0.25, 0.3) is 0 Å². The fourth-order valence-corrected chi connectivity index (χ4v) is 1.74. The zero-order valence-electron chi connectivity index (χ0n) is 11.8. The Kier molecular flexibility index (Phi) is 6.13. The Hall–Kier alpha value is -0.570. The highest BCUT2D eigenvalue weighted by atomic mass is 35.5. The average molecular weight is 270 g/mol. The molecular weight excluding hydrogens is 246 g/mol. The van der Waals surface area contributed by atoms with E-state index < -0.39 is 0 Å². The van der Waals surface area contributed by atoms with Crippen LogP contribution >= 0.6 is 11.6 Å². The molecule has 1 N–H and O–H groups in total. The SMILES string of the molecule is CCCOC(CNC(C)(C)C)c1ccc(Cl)cc1. The van der Waals surface area contributed by atoms with Crippen molar-refractivity contribution in [2.45, 2.75) is 45.8 Å². The number of nitrogens with one attached hydrogen (secondary N) is 1. The molecule has 0 spiro atoms. The lowest BCUT2D eigenvalue weighted by molar-refractivity contribution is 0.0487. The largest absolute Gasteiger partial charge is 0.372 e. The minimum absolute atomic E-state index is 0.0847. The van der Waals surface area contributed by atoms with Gasteiger partial charge in [0, 0.05) is 23.7 Å². The summed E-state index contributed by atoms with van der Waals surface area (Å²) >= 11 is 5.91. The summed E-state index contributed by atoms with van der Waals surface area (Å²) in [5, 5.41) is 4.25. The molecule has 1 aromatic rings. The van der Waals surface area contributed by atoms with Crippen LogP contribution in [-0.4, -0.2) is 18.7 Å². The van der Waals surface area contributed by atoms with Gasteiger partial charge in [0.1, 0.15) is 0 Å². The summed E-state index contributed by atoms with van der Waals surface area (Å²) in [6.07, 6.45) is 1.11. The monoisotopic (exact) mass is 269 g/mol. The molecule has 0 saturated carbocycles. The van der Waals surface area contributed by atoms with Gasteiger partial charge >= 0.3 is 0 Å². The van der Waals surface area contributed by atoms with Gasteiger partial charge < -0.3 is 10.1 Å². The Labute approximate surface area is 116 Å². The zero-order chi connectivity index (χ0) is 13.6. The Bertz CT molecular complexity index is 343. The Morgan fingerprint density at radius 2 is 1.83 bits per heavy atom. The smallest absolute Gasteiger partial charge is 0.0949 e. The molecule has 1 unspecified atom stereocenters. The third-order valence-electron chi connectivity index (χ3n) is 2.58. The van der Waals surface area contributed by atoms with E-state index in [9.17, 15) is 0 Å². The molecule has 0 heterocycles. The number of hydrogen-bond acceptors (Lipinski definition) is 2. The van der Waals surface area contributed by atoms with E-state index in [4.69, 9.17) is 16.3 Å². The second kappa shape index (κ2) is 7.13. The molecule has 18 heavy (non-hydrogen) atoms. The highest BCUT2D eigenvalue weighted by Gasteiger charge is 2.16. The third kappa shape index (κ3) is 5.85. The summed E-state index contributed by atoms with van der Waals surface area (Å²) in [4.78, 5) is 0. The van der Waals surface area contributed by atoms with Gasteiger partial charge in [0.15, 0.2) is 0 Å². The normalized spacial score (nSPS) is 13.6. The van der Waals surface area contributed by atoms with Crippen molar-refractivity contribution in [1.82, 2.24) is 5.32 Å². The standard InChI is InChI=1S/C15H24ClNO/c1-5-10-18-14(11-17-15(2,3)4)12-6-8-13(16)9-7-12/h6-9,14,17H,5,10-11H2,1-4H3. The van der Waals surface area contributed by atoms with Crippen LogP contribution in [0.4, 0.5) is 0 Å². The maximum absolute atomic E-state index is 5.91. The van der Waals surface area contributed by atoms with Crippen LogP contribution in [0.1, 0.15) is 45.8 Å². The summed E-state index contributed by atoms with van der Waals surface area (Å²) in [5.74, 6) is 0. The number of ether oxygens (including phenoxy) is 1. The van der Waals surface area contributed by atoms with Crippen LogP contribution in [-0.2, 0) is 4.74 Å². The van der Waals surface area contributed by atoms with Crippen LogP contribution in [0, 0.1) is 0 Å². The molecule has 1 atom stereocenters. The van der Waals surface area contributed by atoms with Crippen molar-refractivity contribution in [3.05, 3.63) is 34.9 Å². The van der Waals surface area contributed by atoms with Crippen LogP contribution in [0.5, 0.6) is 0 Å². The fourth-order valence-electron chi connectivity index (χ4n) is 1.61. The molecule has 0 saturated heterocycles. The number of hydrogen-bond donors (Lipinski definition) is 1. The van der Waals surface area contributed by atoms with E-state index in [1.807, 2.05) is 24.3 Å². The van der Waals surface area contributed by atoms with Crippen LogP contribution < -0.4 is 5.32 Å². The number of rotatable bonds is 6. The second-order valence-electron chi connectivity index (χ2n) is 5.54. The van der Waals surface area contributed by atoms with Crippen molar-refractivity contribution >= 4 is 11.6 Å². The summed E-state index contributed by atoms with van der Waals surface area (Å²) in [7, 11) is 0. The maximum Gasteiger partial charge on any atom is 0.0949 e. The average Bonchev–Trinajstić information content (AvgIpc) is 2.29. The fraction of sp³-hybridized carbons (Fsp3) is 0.600. The Morgan fingerprint density at radius 3 is 2.33 bits per heavy atom. The Morgan fingerprint density at radius 1 is 1.22 bits per heavy atom. The molecule has 102 valence electrons. The minimum atomic E-state index is 0.0847. The maximum atomic E-state index is 5.91. The summed E-state index contributed by atoms with van der Waals surface area (Å²) < 4.78 is 5.91. The first-order valence-electron chi connectivity index (χ1n) is 6.54. The topological polar surface area (TPSA) is 21.3 Å². The van der Waals surface area contributed by atoms with E-state index in [0.29, 0.717) is 0 Å².